The molecule has 1 atom stereocenters. The molecule has 1 unspecified atom stereocenters. The molecule has 0 bridgehead atoms. The van der Waals surface area contributed by atoms with Crippen LogP contribution >= 0.6 is 0 Å². The third-order valence-corrected chi connectivity index (χ3v) is 2.28. The number of carbonyl (C=O) groups excluding carboxylic acids is 1. The summed E-state index contributed by atoms with van der Waals surface area (Å²) >= 11 is 0. The average Bonchev–Trinajstić information content (AvgIpc) is 2.41. The quantitative estimate of drug-likeness (QED) is 0.612. The van der Waals surface area contributed by atoms with E-state index in [1.54, 1.807) is 0 Å². The Morgan fingerprint density at radius 3 is 2.67 bits per heavy atom. The maximum absolute atomic E-state index is 12.3. The maximum Gasteiger partial charge on any atom is 0.433 e. The van der Waals surface area contributed by atoms with E-state index in [1.165, 1.54) is 0 Å². The zero-order chi connectivity index (χ0) is 11.2. The lowest BCUT2D eigenvalue weighted by atomic mass is 9.84. The van der Waals surface area contributed by atoms with Gasteiger partial charge in [-0.05, 0) is 24.4 Å². The summed E-state index contributed by atoms with van der Waals surface area (Å²) in [5, 5.41) is 0. The summed E-state index contributed by atoms with van der Waals surface area (Å²) in [7, 11) is 5.42. The molecule has 1 aliphatic rings. The zero-order valence-corrected chi connectivity index (χ0v) is 7.51. The molecule has 2 rings (SSSR count). The van der Waals surface area contributed by atoms with Crippen LogP contribution in [0.1, 0.15) is 21.7 Å². The summed E-state index contributed by atoms with van der Waals surface area (Å²) < 4.78 is 36.8. The second-order valence-electron chi connectivity index (χ2n) is 3.36. The predicted octanol–water partition coefficient (Wildman–Crippen LogP) is 1.80. The second-order valence-corrected chi connectivity index (χ2v) is 3.36. The molecule has 0 aromatic carbocycles. The number of alkyl halides is 3. The summed E-state index contributed by atoms with van der Waals surface area (Å²) in [5.41, 5.74) is -0.638. The molecule has 76 valence electrons. The minimum absolute atomic E-state index is 0.0814. The number of rotatable bonds is 0. The van der Waals surface area contributed by atoms with Crippen molar-refractivity contribution in [3.8, 4) is 0 Å². The van der Waals surface area contributed by atoms with E-state index in [2.05, 4.69) is 4.98 Å². The number of ketones is 1. The number of Topliss-reactive ketones (excluding diaryl/α,β-unsaturated/α-hetero) is 1. The molecular weight excluding hydrogens is 206 g/mol. The van der Waals surface area contributed by atoms with Gasteiger partial charge in [-0.25, -0.2) is 4.98 Å². The highest BCUT2D eigenvalue weighted by Gasteiger charge is 2.35. The van der Waals surface area contributed by atoms with Crippen LogP contribution in [-0.4, -0.2) is 18.6 Å². The first kappa shape index (κ1) is 10.2. The highest BCUT2D eigenvalue weighted by Crippen LogP contribution is 2.32. The van der Waals surface area contributed by atoms with E-state index in [4.69, 9.17) is 7.85 Å². The molecule has 0 N–H and O–H groups in total. The van der Waals surface area contributed by atoms with Crippen LogP contribution in [-0.2, 0) is 12.6 Å². The number of hydrogen-bond acceptors (Lipinski definition) is 2. The maximum atomic E-state index is 12.3. The standard InChI is InChI=1S/C9H5BF3NO/c10-5-3-6-4(8(5)15)1-2-7(14-6)9(11,12)13/h1-2,5H,3H2. The number of aromatic nitrogens is 1. The Bertz CT molecular complexity index is 430. The molecule has 0 fully saturated rings. The number of fused-ring (bicyclic) bond motifs is 1. The number of nitrogens with zero attached hydrogens (tertiary/aromatic N) is 1. The summed E-state index contributed by atoms with van der Waals surface area (Å²) in [5.74, 6) is -1.10. The lowest BCUT2D eigenvalue weighted by molar-refractivity contribution is -0.141. The molecule has 6 heteroatoms. The highest BCUT2D eigenvalue weighted by molar-refractivity contribution is 6.29. The molecule has 2 nitrogen and oxygen atoms in total. The largest absolute Gasteiger partial charge is 0.433 e. The second kappa shape index (κ2) is 3.08. The van der Waals surface area contributed by atoms with Crippen molar-refractivity contribution in [3.05, 3.63) is 29.1 Å². The van der Waals surface area contributed by atoms with Crippen molar-refractivity contribution in [2.75, 3.05) is 0 Å². The van der Waals surface area contributed by atoms with E-state index >= 15 is 0 Å². The van der Waals surface area contributed by atoms with E-state index < -0.39 is 17.7 Å². The van der Waals surface area contributed by atoms with E-state index in [0.717, 1.165) is 12.1 Å². The number of hydrogen-bond donors (Lipinski definition) is 0. The fourth-order valence-electron chi connectivity index (χ4n) is 1.54. The van der Waals surface area contributed by atoms with Gasteiger partial charge < -0.3 is 0 Å². The minimum atomic E-state index is -4.48. The van der Waals surface area contributed by atoms with Crippen molar-refractivity contribution in [1.82, 2.24) is 4.98 Å². The molecule has 0 aliphatic heterocycles. The average molecular weight is 211 g/mol. The van der Waals surface area contributed by atoms with Crippen LogP contribution in [0.15, 0.2) is 12.1 Å². The van der Waals surface area contributed by atoms with Gasteiger partial charge in [0.2, 0.25) is 0 Å². The summed E-state index contributed by atoms with van der Waals surface area (Å²) in [6.07, 6.45) is -4.40. The van der Waals surface area contributed by atoms with Crippen LogP contribution in [0.4, 0.5) is 13.2 Å². The molecule has 1 aliphatic carbocycles. The van der Waals surface area contributed by atoms with Gasteiger partial charge in [-0.1, -0.05) is 0 Å². The molecule has 0 spiro atoms. The Morgan fingerprint density at radius 1 is 1.40 bits per heavy atom. The van der Waals surface area contributed by atoms with Crippen LogP contribution < -0.4 is 0 Å². The Hall–Kier alpha value is -1.33. The van der Waals surface area contributed by atoms with Crippen LogP contribution in [0.2, 0.25) is 5.82 Å². The van der Waals surface area contributed by atoms with Gasteiger partial charge in [-0.15, -0.1) is 0 Å². The molecule has 1 aromatic rings. The number of halogens is 3. The van der Waals surface area contributed by atoms with Gasteiger partial charge in [0.05, 0.1) is 13.5 Å². The van der Waals surface area contributed by atoms with Gasteiger partial charge in [0.15, 0.2) is 5.78 Å². The van der Waals surface area contributed by atoms with Crippen molar-refractivity contribution >= 4 is 13.6 Å². The van der Waals surface area contributed by atoms with E-state index in [0.29, 0.717) is 0 Å². The highest BCUT2D eigenvalue weighted by atomic mass is 19.4. The monoisotopic (exact) mass is 211 g/mol. The van der Waals surface area contributed by atoms with Crippen molar-refractivity contribution in [2.24, 2.45) is 0 Å². The summed E-state index contributed by atoms with van der Waals surface area (Å²) in [6.45, 7) is 0. The van der Waals surface area contributed by atoms with Gasteiger partial charge in [0.25, 0.3) is 0 Å². The van der Waals surface area contributed by atoms with Gasteiger partial charge in [0.1, 0.15) is 5.69 Å². The lowest BCUT2D eigenvalue weighted by Crippen LogP contribution is -2.09. The Morgan fingerprint density at radius 2 is 2.07 bits per heavy atom. The van der Waals surface area contributed by atoms with E-state index in [1.807, 2.05) is 0 Å². The smallest absolute Gasteiger partial charge is 0.295 e. The molecular formula is C9H5BF3NO. The van der Waals surface area contributed by atoms with Gasteiger partial charge in [-0.2, -0.15) is 13.2 Å². The molecule has 0 saturated carbocycles. The van der Waals surface area contributed by atoms with Crippen LogP contribution in [0.5, 0.6) is 0 Å². The predicted molar refractivity (Wildman–Crippen MR) is 46.8 cm³/mol. The number of pyridine rings is 1. The first-order valence-electron chi connectivity index (χ1n) is 4.26. The molecule has 1 aromatic heterocycles. The molecule has 1 heterocycles. The Balaban J connectivity index is 2.47. The SMILES string of the molecule is [B]C1Cc2nc(C(F)(F)F)ccc2C1=O. The number of carbonyl (C=O) groups is 1. The van der Waals surface area contributed by atoms with Crippen molar-refractivity contribution in [2.45, 2.75) is 18.4 Å². The summed E-state index contributed by atoms with van der Waals surface area (Å²) in [4.78, 5) is 14.7. The summed E-state index contributed by atoms with van der Waals surface area (Å²) in [6, 6.07) is 1.94. The van der Waals surface area contributed by atoms with Gasteiger partial charge in [-0.3, -0.25) is 4.79 Å². The zero-order valence-electron chi connectivity index (χ0n) is 7.51. The first-order chi connectivity index (χ1) is 6.89. The Labute approximate surface area is 84.9 Å². The van der Waals surface area contributed by atoms with Crippen LogP contribution in [0, 0.1) is 0 Å². The Kier molecular flexibility index (Phi) is 2.10. The third kappa shape index (κ3) is 1.64. The van der Waals surface area contributed by atoms with Crippen molar-refractivity contribution in [1.29, 1.82) is 0 Å². The molecule has 0 saturated heterocycles. The van der Waals surface area contributed by atoms with Crippen molar-refractivity contribution < 1.29 is 18.0 Å². The lowest BCUT2D eigenvalue weighted by Gasteiger charge is -2.06. The molecule has 0 amide bonds. The first-order valence-corrected chi connectivity index (χ1v) is 4.26. The molecule has 15 heavy (non-hydrogen) atoms. The topological polar surface area (TPSA) is 30.0 Å². The fraction of sp³-hybridized carbons (Fsp3) is 0.333. The minimum Gasteiger partial charge on any atom is -0.295 e. The van der Waals surface area contributed by atoms with E-state index in [-0.39, 0.29) is 23.5 Å². The fourth-order valence-corrected chi connectivity index (χ4v) is 1.54. The third-order valence-electron chi connectivity index (χ3n) is 2.28. The van der Waals surface area contributed by atoms with Crippen LogP contribution in [0.3, 0.4) is 0 Å². The van der Waals surface area contributed by atoms with E-state index in [9.17, 15) is 18.0 Å². The van der Waals surface area contributed by atoms with Gasteiger partial charge in [0, 0.05) is 5.56 Å². The molecule has 2 radical (unpaired) electrons. The van der Waals surface area contributed by atoms with Crippen LogP contribution in [0.25, 0.3) is 0 Å². The van der Waals surface area contributed by atoms with Gasteiger partial charge >= 0.3 is 6.18 Å². The normalized spacial score (nSPS) is 20.5. The van der Waals surface area contributed by atoms with Crippen molar-refractivity contribution in [3.63, 3.8) is 0 Å².